The summed E-state index contributed by atoms with van der Waals surface area (Å²) in [6.45, 7) is 0.339. The summed E-state index contributed by atoms with van der Waals surface area (Å²) in [4.78, 5) is 15.5. The van der Waals surface area contributed by atoms with Crippen molar-refractivity contribution >= 4 is 22.4 Å². The Morgan fingerprint density at radius 3 is 2.94 bits per heavy atom. The van der Waals surface area contributed by atoms with Crippen molar-refractivity contribution in [1.82, 2.24) is 10.3 Å². The lowest BCUT2D eigenvalue weighted by Gasteiger charge is -2.36. The first-order chi connectivity index (χ1) is 7.57. The zero-order chi connectivity index (χ0) is 11.6. The van der Waals surface area contributed by atoms with E-state index in [-0.39, 0.29) is 12.3 Å². The smallest absolute Gasteiger partial charge is 0.226 e. The Labute approximate surface area is 97.7 Å². The van der Waals surface area contributed by atoms with Crippen LogP contribution in [0.4, 0.5) is 5.13 Å². The SMILES string of the molecule is Nc1nc(CC(=O)NCC2(O)CCC2)cs1. The van der Waals surface area contributed by atoms with Crippen molar-refractivity contribution in [2.75, 3.05) is 12.3 Å². The highest BCUT2D eigenvalue weighted by Crippen LogP contribution is 2.30. The summed E-state index contributed by atoms with van der Waals surface area (Å²) in [7, 11) is 0. The van der Waals surface area contributed by atoms with Crippen LogP contribution in [0.25, 0.3) is 0 Å². The molecule has 0 aliphatic heterocycles. The van der Waals surface area contributed by atoms with Crippen molar-refractivity contribution in [1.29, 1.82) is 0 Å². The molecule has 2 rings (SSSR count). The molecule has 0 spiro atoms. The number of amides is 1. The molecule has 0 radical (unpaired) electrons. The van der Waals surface area contributed by atoms with Crippen LogP contribution in [0.2, 0.25) is 0 Å². The largest absolute Gasteiger partial charge is 0.388 e. The summed E-state index contributed by atoms with van der Waals surface area (Å²) in [6.07, 6.45) is 2.81. The van der Waals surface area contributed by atoms with Crippen LogP contribution in [0, 0.1) is 0 Å². The second-order valence-electron chi connectivity index (χ2n) is 4.21. The van der Waals surface area contributed by atoms with E-state index in [1.165, 1.54) is 11.3 Å². The number of hydrogen-bond acceptors (Lipinski definition) is 5. The first-order valence-electron chi connectivity index (χ1n) is 5.26. The lowest BCUT2D eigenvalue weighted by Crippen LogP contribution is -2.48. The predicted octanol–water partition coefficient (Wildman–Crippen LogP) is 0.299. The van der Waals surface area contributed by atoms with Crippen LogP contribution in [0.3, 0.4) is 0 Å². The molecule has 1 saturated carbocycles. The van der Waals surface area contributed by atoms with E-state index in [1.807, 2.05) is 0 Å². The van der Waals surface area contributed by atoms with E-state index in [0.29, 0.717) is 17.4 Å². The van der Waals surface area contributed by atoms with E-state index in [0.717, 1.165) is 19.3 Å². The van der Waals surface area contributed by atoms with Gasteiger partial charge < -0.3 is 16.2 Å². The Balaban J connectivity index is 1.76. The number of carbonyl (C=O) groups excluding carboxylic acids is 1. The van der Waals surface area contributed by atoms with Gasteiger partial charge in [-0.1, -0.05) is 0 Å². The third-order valence-electron chi connectivity index (χ3n) is 2.81. The molecule has 1 aromatic rings. The average molecular weight is 241 g/mol. The molecule has 1 amide bonds. The standard InChI is InChI=1S/C10H15N3O2S/c11-9-13-7(5-16-9)4-8(14)12-6-10(15)2-1-3-10/h5,15H,1-4,6H2,(H2,11,13)(H,12,14). The lowest BCUT2D eigenvalue weighted by atomic mass is 9.80. The number of anilines is 1. The summed E-state index contributed by atoms with van der Waals surface area (Å²) in [6, 6.07) is 0. The van der Waals surface area contributed by atoms with Crippen molar-refractivity contribution in [3.05, 3.63) is 11.1 Å². The van der Waals surface area contributed by atoms with Gasteiger partial charge in [0.15, 0.2) is 5.13 Å². The van der Waals surface area contributed by atoms with Gasteiger partial charge in [-0.3, -0.25) is 4.79 Å². The molecule has 0 saturated heterocycles. The minimum Gasteiger partial charge on any atom is -0.388 e. The number of carbonyl (C=O) groups is 1. The van der Waals surface area contributed by atoms with Crippen LogP contribution >= 0.6 is 11.3 Å². The van der Waals surface area contributed by atoms with E-state index in [1.54, 1.807) is 5.38 Å². The minimum absolute atomic E-state index is 0.120. The number of nitrogen functional groups attached to an aromatic ring is 1. The fourth-order valence-electron chi connectivity index (χ4n) is 1.66. The Morgan fingerprint density at radius 1 is 1.69 bits per heavy atom. The van der Waals surface area contributed by atoms with E-state index < -0.39 is 5.60 Å². The topological polar surface area (TPSA) is 88.2 Å². The van der Waals surface area contributed by atoms with Gasteiger partial charge in [0.2, 0.25) is 5.91 Å². The highest BCUT2D eigenvalue weighted by molar-refractivity contribution is 7.13. The van der Waals surface area contributed by atoms with Crippen LogP contribution in [0.15, 0.2) is 5.38 Å². The second-order valence-corrected chi connectivity index (χ2v) is 5.10. The Hall–Kier alpha value is -1.14. The molecule has 1 heterocycles. The molecular formula is C10H15N3O2S. The number of nitrogens with two attached hydrogens (primary N) is 1. The Morgan fingerprint density at radius 2 is 2.44 bits per heavy atom. The van der Waals surface area contributed by atoms with Gasteiger partial charge in [-0.05, 0) is 19.3 Å². The van der Waals surface area contributed by atoms with E-state index in [2.05, 4.69) is 10.3 Å². The molecule has 16 heavy (non-hydrogen) atoms. The number of aromatic nitrogens is 1. The maximum Gasteiger partial charge on any atom is 0.226 e. The van der Waals surface area contributed by atoms with Crippen molar-refractivity contribution < 1.29 is 9.90 Å². The number of aliphatic hydroxyl groups is 1. The quantitative estimate of drug-likeness (QED) is 0.707. The molecule has 0 bridgehead atoms. The van der Waals surface area contributed by atoms with Gasteiger partial charge in [-0.25, -0.2) is 4.98 Å². The van der Waals surface area contributed by atoms with Gasteiger partial charge in [-0.2, -0.15) is 0 Å². The highest BCUT2D eigenvalue weighted by Gasteiger charge is 2.34. The first kappa shape index (κ1) is 11.3. The molecule has 0 unspecified atom stereocenters. The van der Waals surface area contributed by atoms with Crippen LogP contribution in [-0.2, 0) is 11.2 Å². The van der Waals surface area contributed by atoms with Crippen LogP contribution in [0.1, 0.15) is 25.0 Å². The van der Waals surface area contributed by atoms with Gasteiger partial charge in [0.1, 0.15) is 0 Å². The Bertz CT molecular complexity index is 387. The molecule has 1 aromatic heterocycles. The second kappa shape index (κ2) is 4.39. The van der Waals surface area contributed by atoms with E-state index in [9.17, 15) is 9.90 Å². The highest BCUT2D eigenvalue weighted by atomic mass is 32.1. The summed E-state index contributed by atoms with van der Waals surface area (Å²) in [5.41, 5.74) is 5.48. The maximum absolute atomic E-state index is 11.5. The average Bonchev–Trinajstić information content (AvgIpc) is 2.58. The number of nitrogens with one attached hydrogen (secondary N) is 1. The molecule has 0 atom stereocenters. The van der Waals surface area contributed by atoms with Crippen molar-refractivity contribution in [3.63, 3.8) is 0 Å². The monoisotopic (exact) mass is 241 g/mol. The van der Waals surface area contributed by atoms with Gasteiger partial charge in [0.25, 0.3) is 0 Å². The normalized spacial score (nSPS) is 17.8. The fourth-order valence-corrected chi connectivity index (χ4v) is 2.22. The molecule has 0 aromatic carbocycles. The van der Waals surface area contributed by atoms with E-state index in [4.69, 9.17) is 5.73 Å². The molecule has 5 nitrogen and oxygen atoms in total. The molecule has 88 valence electrons. The van der Waals surface area contributed by atoms with Gasteiger partial charge in [-0.15, -0.1) is 11.3 Å². The van der Waals surface area contributed by atoms with Crippen molar-refractivity contribution in [2.45, 2.75) is 31.3 Å². The lowest BCUT2D eigenvalue weighted by molar-refractivity contribution is -0.122. The van der Waals surface area contributed by atoms with Gasteiger partial charge >= 0.3 is 0 Å². The zero-order valence-corrected chi connectivity index (χ0v) is 9.72. The Kier molecular flexibility index (Phi) is 3.11. The molecule has 6 heteroatoms. The number of hydrogen-bond donors (Lipinski definition) is 3. The number of rotatable bonds is 4. The van der Waals surface area contributed by atoms with Gasteiger partial charge in [0.05, 0.1) is 17.7 Å². The summed E-state index contributed by atoms with van der Waals surface area (Å²) < 4.78 is 0. The summed E-state index contributed by atoms with van der Waals surface area (Å²) >= 11 is 1.32. The molecule has 1 fully saturated rings. The number of thiazole rings is 1. The van der Waals surface area contributed by atoms with Crippen molar-refractivity contribution in [2.24, 2.45) is 0 Å². The van der Waals surface area contributed by atoms with Gasteiger partial charge in [0, 0.05) is 11.9 Å². The molecule has 1 aliphatic rings. The third-order valence-corrected chi connectivity index (χ3v) is 3.53. The fraction of sp³-hybridized carbons (Fsp3) is 0.600. The van der Waals surface area contributed by atoms with Crippen LogP contribution in [-0.4, -0.2) is 28.1 Å². The summed E-state index contributed by atoms with van der Waals surface area (Å²) in [5.74, 6) is -0.120. The predicted molar refractivity (Wildman–Crippen MR) is 62.0 cm³/mol. The van der Waals surface area contributed by atoms with Crippen LogP contribution < -0.4 is 11.1 Å². The van der Waals surface area contributed by atoms with E-state index >= 15 is 0 Å². The van der Waals surface area contributed by atoms with Crippen LogP contribution in [0.5, 0.6) is 0 Å². The maximum atomic E-state index is 11.5. The third kappa shape index (κ3) is 2.70. The molecule has 4 N–H and O–H groups in total. The summed E-state index contributed by atoms with van der Waals surface area (Å²) in [5, 5.41) is 14.7. The minimum atomic E-state index is -0.670. The van der Waals surface area contributed by atoms with Crippen molar-refractivity contribution in [3.8, 4) is 0 Å². The first-order valence-corrected chi connectivity index (χ1v) is 6.14. The zero-order valence-electron chi connectivity index (χ0n) is 8.90. The number of nitrogens with zero attached hydrogens (tertiary/aromatic N) is 1. The molecule has 1 aliphatic carbocycles. The molecular weight excluding hydrogens is 226 g/mol.